The highest BCUT2D eigenvalue weighted by atomic mass is 16.6. The molecular formula is C13H10N2O4. The van der Waals surface area contributed by atoms with E-state index in [1.165, 1.54) is 6.07 Å². The summed E-state index contributed by atoms with van der Waals surface area (Å²) in [4.78, 5) is 21.7. The second-order valence-corrected chi connectivity index (χ2v) is 3.78. The minimum atomic E-state index is -0.714. The monoisotopic (exact) mass is 258 g/mol. The van der Waals surface area contributed by atoms with Gasteiger partial charge in [0.1, 0.15) is 0 Å². The van der Waals surface area contributed by atoms with Crippen LogP contribution in [0.5, 0.6) is 5.75 Å². The third-order valence-electron chi connectivity index (χ3n) is 2.47. The number of para-hydroxylation sites is 1. The van der Waals surface area contributed by atoms with Crippen LogP contribution in [0.2, 0.25) is 0 Å². The van der Waals surface area contributed by atoms with Crippen LogP contribution in [0, 0.1) is 10.1 Å². The third kappa shape index (κ3) is 2.86. The van der Waals surface area contributed by atoms with E-state index >= 15 is 0 Å². The van der Waals surface area contributed by atoms with Crippen molar-refractivity contribution in [1.29, 1.82) is 0 Å². The molecular weight excluding hydrogens is 248 g/mol. The lowest BCUT2D eigenvalue weighted by Gasteiger charge is -2.05. The Bertz CT molecular complexity index is 626. The second-order valence-electron chi connectivity index (χ2n) is 3.78. The van der Waals surface area contributed by atoms with E-state index in [2.05, 4.69) is 5.32 Å². The zero-order chi connectivity index (χ0) is 13.8. The molecule has 6 nitrogen and oxygen atoms in total. The van der Waals surface area contributed by atoms with Crippen LogP contribution in [0.25, 0.3) is 0 Å². The number of nitro benzene ring substituents is 1. The van der Waals surface area contributed by atoms with Gasteiger partial charge in [-0.25, -0.2) is 0 Å². The van der Waals surface area contributed by atoms with Gasteiger partial charge in [0.2, 0.25) is 0 Å². The van der Waals surface area contributed by atoms with Crippen LogP contribution in [-0.4, -0.2) is 15.9 Å². The molecule has 0 saturated carbocycles. The molecule has 0 bridgehead atoms. The summed E-state index contributed by atoms with van der Waals surface area (Å²) in [6.07, 6.45) is 0. The molecule has 0 spiro atoms. The number of nitro groups is 1. The molecule has 6 heteroatoms. The highest BCUT2D eigenvalue weighted by Gasteiger charge is 2.15. The first-order valence-corrected chi connectivity index (χ1v) is 5.42. The van der Waals surface area contributed by atoms with Gasteiger partial charge in [0, 0.05) is 17.3 Å². The molecule has 0 aliphatic rings. The summed E-state index contributed by atoms with van der Waals surface area (Å²) in [6.45, 7) is 0. The van der Waals surface area contributed by atoms with Crippen LogP contribution in [0.15, 0.2) is 48.5 Å². The number of hydrogen-bond acceptors (Lipinski definition) is 4. The molecule has 2 rings (SSSR count). The predicted octanol–water partition coefficient (Wildman–Crippen LogP) is 2.55. The van der Waals surface area contributed by atoms with Crippen LogP contribution < -0.4 is 5.32 Å². The third-order valence-corrected chi connectivity index (χ3v) is 2.47. The summed E-state index contributed by atoms with van der Waals surface area (Å²) < 4.78 is 0. The van der Waals surface area contributed by atoms with E-state index in [4.69, 9.17) is 0 Å². The molecule has 0 heterocycles. The lowest BCUT2D eigenvalue weighted by molar-refractivity contribution is -0.385. The Labute approximate surface area is 108 Å². The van der Waals surface area contributed by atoms with Gasteiger partial charge in [-0.2, -0.15) is 0 Å². The number of anilines is 1. The van der Waals surface area contributed by atoms with Crippen molar-refractivity contribution in [3.63, 3.8) is 0 Å². The molecule has 0 atom stereocenters. The van der Waals surface area contributed by atoms with Gasteiger partial charge in [0.15, 0.2) is 5.75 Å². The number of phenolic OH excluding ortho intramolecular Hbond substituents is 1. The summed E-state index contributed by atoms with van der Waals surface area (Å²) in [7, 11) is 0. The molecule has 2 aromatic carbocycles. The molecule has 0 unspecified atom stereocenters. The molecule has 0 saturated heterocycles. The first-order valence-electron chi connectivity index (χ1n) is 5.42. The summed E-state index contributed by atoms with van der Waals surface area (Å²) in [5.74, 6) is -0.984. The number of rotatable bonds is 3. The average Bonchev–Trinajstić information content (AvgIpc) is 2.39. The molecule has 2 aromatic rings. The summed E-state index contributed by atoms with van der Waals surface area (Å²) >= 11 is 0. The van der Waals surface area contributed by atoms with Crippen molar-refractivity contribution in [2.45, 2.75) is 0 Å². The quantitative estimate of drug-likeness (QED) is 0.653. The Morgan fingerprint density at radius 2 is 1.84 bits per heavy atom. The first kappa shape index (κ1) is 12.6. The molecule has 19 heavy (non-hydrogen) atoms. The Morgan fingerprint density at radius 1 is 1.16 bits per heavy atom. The first-order chi connectivity index (χ1) is 9.08. The summed E-state index contributed by atoms with van der Waals surface area (Å²) in [6, 6.07) is 12.2. The molecule has 2 N–H and O–H groups in total. The van der Waals surface area contributed by atoms with E-state index in [9.17, 15) is 20.0 Å². The van der Waals surface area contributed by atoms with Crippen LogP contribution in [0.3, 0.4) is 0 Å². The Kier molecular flexibility index (Phi) is 3.42. The van der Waals surface area contributed by atoms with Crippen molar-refractivity contribution in [2.75, 3.05) is 5.32 Å². The molecule has 0 radical (unpaired) electrons. The van der Waals surface area contributed by atoms with Gasteiger partial charge in [-0.15, -0.1) is 0 Å². The van der Waals surface area contributed by atoms with Crippen molar-refractivity contribution < 1.29 is 14.8 Å². The van der Waals surface area contributed by atoms with Crippen LogP contribution in [-0.2, 0) is 0 Å². The van der Waals surface area contributed by atoms with E-state index in [0.29, 0.717) is 5.69 Å². The minimum absolute atomic E-state index is 0.145. The highest BCUT2D eigenvalue weighted by molar-refractivity contribution is 6.04. The Morgan fingerprint density at radius 3 is 2.42 bits per heavy atom. The fraction of sp³-hybridized carbons (Fsp3) is 0. The fourth-order valence-corrected chi connectivity index (χ4v) is 1.54. The second kappa shape index (κ2) is 5.18. The van der Waals surface area contributed by atoms with E-state index in [1.807, 2.05) is 6.07 Å². The van der Waals surface area contributed by atoms with Crippen molar-refractivity contribution in [2.24, 2.45) is 0 Å². The van der Waals surface area contributed by atoms with Gasteiger partial charge in [-0.05, 0) is 24.3 Å². The molecule has 0 aromatic heterocycles. The predicted molar refractivity (Wildman–Crippen MR) is 69.2 cm³/mol. The SMILES string of the molecule is O=C(Nc1ccccc1)c1ccc([N+](=O)[O-])c(O)c1. The van der Waals surface area contributed by atoms with Crippen molar-refractivity contribution in [3.05, 3.63) is 64.2 Å². The number of benzene rings is 2. The smallest absolute Gasteiger partial charge is 0.310 e. The Hall–Kier alpha value is -2.89. The lowest BCUT2D eigenvalue weighted by Crippen LogP contribution is -2.11. The zero-order valence-electron chi connectivity index (χ0n) is 9.74. The number of carbonyl (C=O) groups is 1. The average molecular weight is 258 g/mol. The van der Waals surface area contributed by atoms with Crippen LogP contribution in [0.4, 0.5) is 11.4 Å². The van der Waals surface area contributed by atoms with Gasteiger partial charge < -0.3 is 10.4 Å². The minimum Gasteiger partial charge on any atom is -0.502 e. The molecule has 0 aliphatic heterocycles. The number of amides is 1. The van der Waals surface area contributed by atoms with Crippen LogP contribution >= 0.6 is 0 Å². The molecule has 0 fully saturated rings. The van der Waals surface area contributed by atoms with Gasteiger partial charge in [-0.3, -0.25) is 14.9 Å². The van der Waals surface area contributed by atoms with Gasteiger partial charge in [-0.1, -0.05) is 18.2 Å². The number of phenols is 1. The molecule has 1 amide bonds. The number of nitrogens with zero attached hydrogens (tertiary/aromatic N) is 1. The van der Waals surface area contributed by atoms with E-state index < -0.39 is 22.3 Å². The highest BCUT2D eigenvalue weighted by Crippen LogP contribution is 2.26. The maximum Gasteiger partial charge on any atom is 0.310 e. The topological polar surface area (TPSA) is 92.5 Å². The fourth-order valence-electron chi connectivity index (χ4n) is 1.54. The zero-order valence-corrected chi connectivity index (χ0v) is 9.74. The number of hydrogen-bond donors (Lipinski definition) is 2. The van der Waals surface area contributed by atoms with Gasteiger partial charge in [0.05, 0.1) is 4.92 Å². The van der Waals surface area contributed by atoms with Gasteiger partial charge in [0.25, 0.3) is 5.91 Å². The van der Waals surface area contributed by atoms with Crippen molar-refractivity contribution in [3.8, 4) is 5.75 Å². The summed E-state index contributed by atoms with van der Waals surface area (Å²) in [5.41, 5.74) is 0.313. The number of carbonyl (C=O) groups excluding carboxylic acids is 1. The molecule has 96 valence electrons. The van der Waals surface area contributed by atoms with Crippen LogP contribution in [0.1, 0.15) is 10.4 Å². The lowest BCUT2D eigenvalue weighted by atomic mass is 10.1. The maximum atomic E-state index is 11.9. The van der Waals surface area contributed by atoms with Crippen molar-refractivity contribution in [1.82, 2.24) is 0 Å². The standard InChI is InChI=1S/C13H10N2O4/c16-12-8-9(6-7-11(12)15(18)19)13(17)14-10-4-2-1-3-5-10/h1-8,16H,(H,14,17). The summed E-state index contributed by atoms with van der Waals surface area (Å²) in [5, 5.41) is 22.6. The number of nitrogens with one attached hydrogen (secondary N) is 1. The molecule has 0 aliphatic carbocycles. The van der Waals surface area contributed by atoms with Crippen molar-refractivity contribution >= 4 is 17.3 Å². The number of aromatic hydroxyl groups is 1. The van der Waals surface area contributed by atoms with Gasteiger partial charge >= 0.3 is 5.69 Å². The normalized spacial score (nSPS) is 9.89. The largest absolute Gasteiger partial charge is 0.502 e. The van der Waals surface area contributed by atoms with E-state index in [0.717, 1.165) is 12.1 Å². The van der Waals surface area contributed by atoms with E-state index in [1.54, 1.807) is 24.3 Å². The maximum absolute atomic E-state index is 11.9. The van der Waals surface area contributed by atoms with E-state index in [-0.39, 0.29) is 5.56 Å². The Balaban J connectivity index is 2.21.